The molecule has 0 bridgehead atoms. The van der Waals surface area contributed by atoms with E-state index in [-0.39, 0.29) is 22.9 Å². The third kappa shape index (κ3) is 3.09. The second-order valence-corrected chi connectivity index (χ2v) is 8.64. The number of hydrogen-bond donors (Lipinski definition) is 1. The number of aromatic hydroxyl groups is 1. The van der Waals surface area contributed by atoms with Gasteiger partial charge in [0.2, 0.25) is 0 Å². The van der Waals surface area contributed by atoms with Crippen LogP contribution in [-0.2, 0) is 0 Å². The summed E-state index contributed by atoms with van der Waals surface area (Å²) in [6, 6.07) is 7.90. The van der Waals surface area contributed by atoms with E-state index in [0.717, 1.165) is 28.6 Å². The number of aromatic nitrogens is 1. The molecule has 1 N–H and O–H groups in total. The van der Waals surface area contributed by atoms with Gasteiger partial charge in [0, 0.05) is 22.5 Å². The molecule has 27 heavy (non-hydrogen) atoms. The molecule has 1 aromatic carbocycles. The zero-order chi connectivity index (χ0) is 19.1. The molecule has 3 atom stereocenters. The fraction of sp³-hybridized carbons (Fsp3) is 0.368. The molecule has 0 aliphatic carbocycles. The third-order valence-corrected chi connectivity index (χ3v) is 7.62. The second kappa shape index (κ2) is 7.53. The lowest BCUT2D eigenvalue weighted by molar-refractivity contribution is 0.253. The van der Waals surface area contributed by atoms with Crippen molar-refractivity contribution in [3.63, 3.8) is 0 Å². The van der Waals surface area contributed by atoms with Gasteiger partial charge in [0.15, 0.2) is 16.7 Å². The highest BCUT2D eigenvalue weighted by atomic mass is 79.9. The highest BCUT2D eigenvalue weighted by molar-refractivity contribution is 9.10. The Morgan fingerprint density at radius 2 is 2.26 bits per heavy atom. The number of pyridine rings is 1. The standard InChI is InChI=1S/C19H19BrClN3O2S/c1-3-10-9-27-19-23-16(12-6-4-5-7-22-12)17(24(10)19)11-8-13(26-2)18(25)15(21)14(11)20/h4-8,10,16-17,25H,3,9H2,1-2H3/t10-,16-,17+/m1/s1. The van der Waals surface area contributed by atoms with Crippen molar-refractivity contribution in [2.24, 2.45) is 4.99 Å². The van der Waals surface area contributed by atoms with Crippen molar-refractivity contribution in [2.75, 3.05) is 12.9 Å². The maximum Gasteiger partial charge on any atom is 0.177 e. The van der Waals surface area contributed by atoms with Crippen LogP contribution in [0.2, 0.25) is 5.02 Å². The SMILES string of the molecule is CC[C@@H]1CSC2=N[C@H](c3ccccn3)[C@H](c3cc(OC)c(O)c(Cl)c3Br)N21. The largest absolute Gasteiger partial charge is 0.503 e. The number of phenols is 1. The Bertz CT molecular complexity index is 896. The maximum atomic E-state index is 10.3. The van der Waals surface area contributed by atoms with Gasteiger partial charge in [0.1, 0.15) is 11.1 Å². The molecule has 142 valence electrons. The van der Waals surface area contributed by atoms with Gasteiger partial charge in [0.05, 0.1) is 18.8 Å². The third-order valence-electron chi connectivity index (χ3n) is 5.04. The summed E-state index contributed by atoms with van der Waals surface area (Å²) in [7, 11) is 1.52. The van der Waals surface area contributed by atoms with E-state index in [2.05, 4.69) is 32.7 Å². The van der Waals surface area contributed by atoms with Crippen molar-refractivity contribution in [2.45, 2.75) is 31.5 Å². The summed E-state index contributed by atoms with van der Waals surface area (Å²) in [4.78, 5) is 11.9. The minimum atomic E-state index is -0.148. The monoisotopic (exact) mass is 467 g/mol. The normalized spacial score (nSPS) is 24.1. The van der Waals surface area contributed by atoms with E-state index in [4.69, 9.17) is 21.3 Å². The molecular weight excluding hydrogens is 450 g/mol. The molecule has 2 aromatic rings. The minimum absolute atomic E-state index is 0.0637. The average Bonchev–Trinajstić information content (AvgIpc) is 3.26. The molecule has 2 aliphatic heterocycles. The van der Waals surface area contributed by atoms with Gasteiger partial charge >= 0.3 is 0 Å². The van der Waals surface area contributed by atoms with Crippen LogP contribution in [0.3, 0.4) is 0 Å². The molecule has 0 spiro atoms. The zero-order valence-corrected chi connectivity index (χ0v) is 18.1. The molecule has 8 heteroatoms. The van der Waals surface area contributed by atoms with Crippen LogP contribution in [0.1, 0.15) is 36.7 Å². The summed E-state index contributed by atoms with van der Waals surface area (Å²) in [6.07, 6.45) is 2.82. The molecular formula is C19H19BrClN3O2S. The number of thioether (sulfide) groups is 1. The van der Waals surface area contributed by atoms with Crippen LogP contribution in [0.15, 0.2) is 39.9 Å². The molecule has 1 aromatic heterocycles. The topological polar surface area (TPSA) is 58.0 Å². The van der Waals surface area contributed by atoms with E-state index in [1.165, 1.54) is 7.11 Å². The van der Waals surface area contributed by atoms with Gasteiger partial charge in [-0.25, -0.2) is 0 Å². The van der Waals surface area contributed by atoms with Crippen LogP contribution in [0.25, 0.3) is 0 Å². The predicted octanol–water partition coefficient (Wildman–Crippen LogP) is 5.19. The number of amidine groups is 1. The summed E-state index contributed by atoms with van der Waals surface area (Å²) in [6.45, 7) is 2.19. The first kappa shape index (κ1) is 18.9. The Hall–Kier alpha value is -1.44. The lowest BCUT2D eigenvalue weighted by Crippen LogP contribution is -2.35. The van der Waals surface area contributed by atoms with Crippen LogP contribution in [-0.4, -0.2) is 39.1 Å². The molecule has 0 unspecified atom stereocenters. The highest BCUT2D eigenvalue weighted by Crippen LogP contribution is 2.53. The van der Waals surface area contributed by atoms with Crippen molar-refractivity contribution in [1.82, 2.24) is 9.88 Å². The first-order valence-corrected chi connectivity index (χ1v) is 10.9. The Labute approximate surface area is 175 Å². The van der Waals surface area contributed by atoms with Crippen molar-refractivity contribution in [1.29, 1.82) is 0 Å². The van der Waals surface area contributed by atoms with Gasteiger partial charge in [-0.3, -0.25) is 9.98 Å². The van der Waals surface area contributed by atoms with Crippen molar-refractivity contribution >= 4 is 44.5 Å². The lowest BCUT2D eigenvalue weighted by atomic mass is 9.95. The van der Waals surface area contributed by atoms with Crippen molar-refractivity contribution < 1.29 is 9.84 Å². The quantitative estimate of drug-likeness (QED) is 0.669. The van der Waals surface area contributed by atoms with Crippen molar-refractivity contribution in [3.05, 3.63) is 51.2 Å². The molecule has 0 amide bonds. The van der Waals surface area contributed by atoms with E-state index in [1.807, 2.05) is 24.3 Å². The second-order valence-electron chi connectivity index (χ2n) is 6.48. The molecule has 4 rings (SSSR count). The summed E-state index contributed by atoms with van der Waals surface area (Å²) in [5.74, 6) is 1.30. The number of ether oxygens (including phenoxy) is 1. The van der Waals surface area contributed by atoms with Crippen LogP contribution in [0, 0.1) is 0 Å². The molecule has 0 radical (unpaired) electrons. The number of methoxy groups -OCH3 is 1. The lowest BCUT2D eigenvalue weighted by Gasteiger charge is -2.33. The summed E-state index contributed by atoms with van der Waals surface area (Å²) in [5, 5.41) is 11.6. The Morgan fingerprint density at radius 1 is 1.44 bits per heavy atom. The van der Waals surface area contributed by atoms with E-state index in [0.29, 0.717) is 16.3 Å². The molecule has 1 fully saturated rings. The number of benzene rings is 1. The number of nitrogens with zero attached hydrogens (tertiary/aromatic N) is 3. The van der Waals surface area contributed by atoms with Crippen LogP contribution in [0.5, 0.6) is 11.5 Å². The molecule has 3 heterocycles. The zero-order valence-electron chi connectivity index (χ0n) is 14.9. The molecule has 5 nitrogen and oxygen atoms in total. The van der Waals surface area contributed by atoms with Gasteiger partial charge in [0.25, 0.3) is 0 Å². The van der Waals surface area contributed by atoms with E-state index >= 15 is 0 Å². The first-order chi connectivity index (χ1) is 13.1. The number of fused-ring (bicyclic) bond motifs is 1. The Kier molecular flexibility index (Phi) is 5.27. The number of aliphatic imine (C=N–C) groups is 1. The van der Waals surface area contributed by atoms with E-state index < -0.39 is 0 Å². The smallest absolute Gasteiger partial charge is 0.177 e. The number of hydrogen-bond acceptors (Lipinski definition) is 6. The van der Waals surface area contributed by atoms with Gasteiger partial charge in [-0.2, -0.15) is 0 Å². The number of phenolic OH excluding ortho intramolecular Hbond substituents is 1. The van der Waals surface area contributed by atoms with Crippen LogP contribution < -0.4 is 4.74 Å². The minimum Gasteiger partial charge on any atom is -0.503 e. The van der Waals surface area contributed by atoms with Gasteiger partial charge in [-0.1, -0.05) is 36.4 Å². The fourth-order valence-electron chi connectivity index (χ4n) is 3.67. The summed E-state index contributed by atoms with van der Waals surface area (Å²) < 4.78 is 6.02. The van der Waals surface area contributed by atoms with Crippen LogP contribution >= 0.6 is 39.3 Å². The highest BCUT2D eigenvalue weighted by Gasteiger charge is 2.46. The maximum absolute atomic E-state index is 10.3. The summed E-state index contributed by atoms with van der Waals surface area (Å²) in [5.41, 5.74) is 1.85. The van der Waals surface area contributed by atoms with Crippen LogP contribution in [0.4, 0.5) is 0 Å². The van der Waals surface area contributed by atoms with Gasteiger partial charge in [-0.15, -0.1) is 0 Å². The van der Waals surface area contributed by atoms with E-state index in [9.17, 15) is 5.11 Å². The Balaban J connectivity index is 1.88. The van der Waals surface area contributed by atoms with Gasteiger partial charge < -0.3 is 14.7 Å². The first-order valence-electron chi connectivity index (χ1n) is 8.71. The Morgan fingerprint density at radius 3 is 2.93 bits per heavy atom. The van der Waals surface area contributed by atoms with Gasteiger partial charge in [-0.05, 0) is 46.1 Å². The molecule has 2 aliphatic rings. The predicted molar refractivity (Wildman–Crippen MR) is 113 cm³/mol. The van der Waals surface area contributed by atoms with E-state index in [1.54, 1.807) is 18.0 Å². The van der Waals surface area contributed by atoms with Crippen molar-refractivity contribution in [3.8, 4) is 11.5 Å². The summed E-state index contributed by atoms with van der Waals surface area (Å²) >= 11 is 11.8. The molecule has 0 saturated carbocycles. The number of halogens is 2. The molecule has 1 saturated heterocycles. The average molecular weight is 469 g/mol. The number of rotatable bonds is 4. The fourth-order valence-corrected chi connectivity index (χ4v) is 5.75.